The second-order valence-corrected chi connectivity index (χ2v) is 5.17. The first-order valence-corrected chi connectivity index (χ1v) is 6.91. The summed E-state index contributed by atoms with van der Waals surface area (Å²) < 4.78 is 13.1. The van der Waals surface area contributed by atoms with Crippen LogP contribution in [0.3, 0.4) is 0 Å². The highest BCUT2D eigenvalue weighted by Crippen LogP contribution is 2.12. The van der Waals surface area contributed by atoms with Gasteiger partial charge in [-0.25, -0.2) is 4.39 Å². The molecule has 0 aromatic heterocycles. The maximum absolute atomic E-state index is 13.1. The summed E-state index contributed by atoms with van der Waals surface area (Å²) >= 11 is 0. The third-order valence-corrected chi connectivity index (χ3v) is 3.64. The van der Waals surface area contributed by atoms with Gasteiger partial charge in [0.05, 0.1) is 0 Å². The number of halogens is 1. The molecule has 3 nitrogen and oxygen atoms in total. The van der Waals surface area contributed by atoms with Crippen molar-refractivity contribution in [2.75, 3.05) is 20.1 Å². The first-order chi connectivity index (χ1) is 9.16. The number of rotatable bonds is 4. The molecule has 1 aromatic rings. The summed E-state index contributed by atoms with van der Waals surface area (Å²) in [5.74, 6) is -0.483. The van der Waals surface area contributed by atoms with Gasteiger partial charge in [-0.3, -0.25) is 4.79 Å². The molecule has 4 heteroatoms. The van der Waals surface area contributed by atoms with Crippen molar-refractivity contribution in [1.29, 1.82) is 0 Å². The molecule has 104 valence electrons. The van der Waals surface area contributed by atoms with Crippen LogP contribution in [-0.2, 0) is 0 Å². The van der Waals surface area contributed by atoms with Crippen molar-refractivity contribution in [2.24, 2.45) is 0 Å². The highest BCUT2D eigenvalue weighted by atomic mass is 19.1. The topological polar surface area (TPSA) is 32.3 Å². The van der Waals surface area contributed by atoms with E-state index in [9.17, 15) is 9.18 Å². The SMILES string of the molecule is CN(CCC1CCCCN1)C(=O)c1cccc(F)c1. The zero-order chi connectivity index (χ0) is 13.7. The van der Waals surface area contributed by atoms with Gasteiger partial charge >= 0.3 is 0 Å². The lowest BCUT2D eigenvalue weighted by Crippen LogP contribution is -2.38. The van der Waals surface area contributed by atoms with Gasteiger partial charge in [-0.05, 0) is 44.0 Å². The zero-order valence-corrected chi connectivity index (χ0v) is 11.4. The molecule has 1 saturated heterocycles. The molecule has 1 fully saturated rings. The molecule has 0 spiro atoms. The van der Waals surface area contributed by atoms with Crippen LogP contribution >= 0.6 is 0 Å². The van der Waals surface area contributed by atoms with Crippen molar-refractivity contribution >= 4 is 5.91 Å². The fraction of sp³-hybridized carbons (Fsp3) is 0.533. The normalized spacial score (nSPS) is 19.2. The van der Waals surface area contributed by atoms with Crippen LogP contribution in [0.4, 0.5) is 4.39 Å². The van der Waals surface area contributed by atoms with Gasteiger partial charge in [0, 0.05) is 25.2 Å². The lowest BCUT2D eigenvalue weighted by atomic mass is 10.0. The van der Waals surface area contributed by atoms with E-state index in [1.807, 2.05) is 0 Å². The summed E-state index contributed by atoms with van der Waals surface area (Å²) in [6, 6.07) is 6.37. The van der Waals surface area contributed by atoms with E-state index < -0.39 is 0 Å². The van der Waals surface area contributed by atoms with E-state index in [2.05, 4.69) is 5.32 Å². The molecular weight excluding hydrogens is 243 g/mol. The molecule has 1 aliphatic heterocycles. The minimum atomic E-state index is -0.367. The Kier molecular flexibility index (Phi) is 4.91. The molecule has 1 atom stereocenters. The van der Waals surface area contributed by atoms with Crippen LogP contribution < -0.4 is 5.32 Å². The molecule has 0 saturated carbocycles. The quantitative estimate of drug-likeness (QED) is 0.906. The van der Waals surface area contributed by atoms with Gasteiger partial charge in [0.2, 0.25) is 0 Å². The van der Waals surface area contributed by atoms with Crippen LogP contribution in [0.2, 0.25) is 0 Å². The van der Waals surface area contributed by atoms with Gasteiger partial charge < -0.3 is 10.2 Å². The number of piperidine rings is 1. The van der Waals surface area contributed by atoms with Crippen molar-refractivity contribution in [1.82, 2.24) is 10.2 Å². The predicted octanol–water partition coefficient (Wildman–Crippen LogP) is 2.43. The molecular formula is C15H21FN2O. The largest absolute Gasteiger partial charge is 0.342 e. The summed E-state index contributed by atoms with van der Waals surface area (Å²) in [4.78, 5) is 13.8. The molecule has 1 N–H and O–H groups in total. The molecule has 19 heavy (non-hydrogen) atoms. The predicted molar refractivity (Wildman–Crippen MR) is 73.6 cm³/mol. The molecule has 0 bridgehead atoms. The number of nitrogens with zero attached hydrogens (tertiary/aromatic N) is 1. The summed E-state index contributed by atoms with van der Waals surface area (Å²) in [5, 5.41) is 3.46. The Hall–Kier alpha value is -1.42. The minimum absolute atomic E-state index is 0.115. The van der Waals surface area contributed by atoms with Gasteiger partial charge in [0.25, 0.3) is 5.91 Å². The number of benzene rings is 1. The minimum Gasteiger partial charge on any atom is -0.342 e. The third-order valence-electron chi connectivity index (χ3n) is 3.64. The first kappa shape index (κ1) is 14.0. The van der Waals surface area contributed by atoms with Crippen molar-refractivity contribution in [3.63, 3.8) is 0 Å². The Morgan fingerprint density at radius 1 is 1.47 bits per heavy atom. The van der Waals surface area contributed by atoms with Gasteiger partial charge in [-0.15, -0.1) is 0 Å². The van der Waals surface area contributed by atoms with Gasteiger partial charge in [0.15, 0.2) is 0 Å². The second kappa shape index (κ2) is 6.66. The summed E-state index contributed by atoms with van der Waals surface area (Å²) in [6.07, 6.45) is 4.65. The molecule has 2 rings (SSSR count). The first-order valence-electron chi connectivity index (χ1n) is 6.91. The van der Waals surface area contributed by atoms with Crippen LogP contribution in [0.15, 0.2) is 24.3 Å². The molecule has 1 amide bonds. The molecule has 1 heterocycles. The number of carbonyl (C=O) groups excluding carboxylic acids is 1. The van der Waals surface area contributed by atoms with Crippen LogP contribution in [0.5, 0.6) is 0 Å². The lowest BCUT2D eigenvalue weighted by Gasteiger charge is -2.26. The Bertz CT molecular complexity index is 430. The maximum Gasteiger partial charge on any atom is 0.253 e. The van der Waals surface area contributed by atoms with Gasteiger partial charge in [-0.2, -0.15) is 0 Å². The summed E-state index contributed by atoms with van der Waals surface area (Å²) in [5.41, 5.74) is 0.416. The highest BCUT2D eigenvalue weighted by molar-refractivity contribution is 5.94. The van der Waals surface area contributed by atoms with Gasteiger partial charge in [0.1, 0.15) is 5.82 Å². The van der Waals surface area contributed by atoms with Crippen LogP contribution in [-0.4, -0.2) is 37.0 Å². The maximum atomic E-state index is 13.1. The van der Waals surface area contributed by atoms with Crippen LogP contribution in [0, 0.1) is 5.82 Å². The smallest absolute Gasteiger partial charge is 0.253 e. The molecule has 0 aliphatic carbocycles. The zero-order valence-electron chi connectivity index (χ0n) is 11.4. The number of hydrogen-bond acceptors (Lipinski definition) is 2. The number of hydrogen-bond donors (Lipinski definition) is 1. The van der Waals surface area contributed by atoms with Crippen LogP contribution in [0.25, 0.3) is 0 Å². The van der Waals surface area contributed by atoms with E-state index >= 15 is 0 Å². The summed E-state index contributed by atoms with van der Waals surface area (Å²) in [7, 11) is 1.77. The molecule has 1 aromatic carbocycles. The third kappa shape index (κ3) is 4.03. The second-order valence-electron chi connectivity index (χ2n) is 5.17. The van der Waals surface area contributed by atoms with E-state index in [0.29, 0.717) is 18.2 Å². The van der Waals surface area contributed by atoms with E-state index in [1.165, 1.54) is 31.4 Å². The average Bonchev–Trinajstić information content (AvgIpc) is 2.45. The van der Waals surface area contributed by atoms with E-state index in [0.717, 1.165) is 13.0 Å². The monoisotopic (exact) mass is 264 g/mol. The van der Waals surface area contributed by atoms with Crippen molar-refractivity contribution in [3.8, 4) is 0 Å². The Morgan fingerprint density at radius 3 is 3.00 bits per heavy atom. The summed E-state index contributed by atoms with van der Waals surface area (Å²) in [6.45, 7) is 1.78. The Labute approximate surface area is 113 Å². The van der Waals surface area contributed by atoms with Crippen molar-refractivity contribution < 1.29 is 9.18 Å². The van der Waals surface area contributed by atoms with Crippen LogP contribution in [0.1, 0.15) is 36.0 Å². The lowest BCUT2D eigenvalue weighted by molar-refractivity contribution is 0.0787. The standard InChI is InChI=1S/C15H21FN2O/c1-18(10-8-14-7-2-3-9-17-14)15(19)12-5-4-6-13(16)11-12/h4-6,11,14,17H,2-3,7-10H2,1H3. The fourth-order valence-corrected chi connectivity index (χ4v) is 2.46. The van der Waals surface area contributed by atoms with Gasteiger partial charge in [-0.1, -0.05) is 12.5 Å². The number of carbonyl (C=O) groups is 1. The van der Waals surface area contributed by atoms with Crippen molar-refractivity contribution in [3.05, 3.63) is 35.6 Å². The molecule has 1 aliphatic rings. The van der Waals surface area contributed by atoms with E-state index in [1.54, 1.807) is 24.1 Å². The number of amides is 1. The Balaban J connectivity index is 1.85. The highest BCUT2D eigenvalue weighted by Gasteiger charge is 2.16. The van der Waals surface area contributed by atoms with E-state index in [4.69, 9.17) is 0 Å². The van der Waals surface area contributed by atoms with E-state index in [-0.39, 0.29) is 11.7 Å². The molecule has 1 unspecified atom stereocenters. The number of nitrogens with one attached hydrogen (secondary N) is 1. The fourth-order valence-electron chi connectivity index (χ4n) is 2.46. The molecule has 0 radical (unpaired) electrons. The average molecular weight is 264 g/mol. The Morgan fingerprint density at radius 2 is 2.32 bits per heavy atom. The van der Waals surface area contributed by atoms with Crippen molar-refractivity contribution in [2.45, 2.75) is 31.7 Å².